The lowest BCUT2D eigenvalue weighted by Gasteiger charge is -2.11. The summed E-state index contributed by atoms with van der Waals surface area (Å²) in [4.78, 5) is 4.57. The molecule has 3 nitrogen and oxygen atoms in total. The number of nitrogens with one attached hydrogen (secondary N) is 1. The second-order valence-corrected chi connectivity index (χ2v) is 4.70. The summed E-state index contributed by atoms with van der Waals surface area (Å²) in [7, 11) is 2.06. The highest BCUT2D eigenvalue weighted by Crippen LogP contribution is 2.17. The first-order valence-electron chi connectivity index (χ1n) is 6.27. The summed E-state index contributed by atoms with van der Waals surface area (Å²) < 4.78 is 2.13. The second kappa shape index (κ2) is 4.88. The molecule has 0 radical (unpaired) electrons. The standard InChI is InChI=1S/C14H21N3/c1-5-15-10(2)8-12-6-7-14-13(9-12)16-11(3)17(14)4/h6-7,9-10,15H,5,8H2,1-4H3. The monoisotopic (exact) mass is 231 g/mol. The van der Waals surface area contributed by atoms with Crippen LogP contribution < -0.4 is 5.32 Å². The maximum Gasteiger partial charge on any atom is 0.106 e. The first kappa shape index (κ1) is 12.1. The van der Waals surface area contributed by atoms with Crippen LogP contribution in [0.25, 0.3) is 11.0 Å². The van der Waals surface area contributed by atoms with Gasteiger partial charge in [0.1, 0.15) is 5.82 Å². The number of aromatic nitrogens is 2. The van der Waals surface area contributed by atoms with E-state index in [2.05, 4.69) is 54.0 Å². The van der Waals surface area contributed by atoms with E-state index in [4.69, 9.17) is 0 Å². The van der Waals surface area contributed by atoms with E-state index in [0.29, 0.717) is 6.04 Å². The number of likely N-dealkylation sites (N-methyl/N-ethyl adjacent to an activating group) is 1. The van der Waals surface area contributed by atoms with E-state index in [-0.39, 0.29) is 0 Å². The Labute approximate surface area is 103 Å². The molecule has 0 aliphatic heterocycles. The number of benzene rings is 1. The molecule has 1 aromatic heterocycles. The molecule has 2 rings (SSSR count). The van der Waals surface area contributed by atoms with Crippen molar-refractivity contribution in [3.8, 4) is 0 Å². The van der Waals surface area contributed by atoms with Gasteiger partial charge >= 0.3 is 0 Å². The van der Waals surface area contributed by atoms with Crippen LogP contribution in [0.4, 0.5) is 0 Å². The lowest BCUT2D eigenvalue weighted by atomic mass is 10.1. The fourth-order valence-electron chi connectivity index (χ4n) is 2.27. The number of rotatable bonds is 4. The lowest BCUT2D eigenvalue weighted by Crippen LogP contribution is -2.27. The summed E-state index contributed by atoms with van der Waals surface area (Å²) in [6.07, 6.45) is 1.05. The van der Waals surface area contributed by atoms with Crippen LogP contribution in [0, 0.1) is 6.92 Å². The number of hydrogen-bond acceptors (Lipinski definition) is 2. The predicted molar refractivity (Wildman–Crippen MR) is 72.3 cm³/mol. The van der Waals surface area contributed by atoms with E-state index >= 15 is 0 Å². The van der Waals surface area contributed by atoms with Crippen LogP contribution in [-0.4, -0.2) is 22.1 Å². The number of imidazole rings is 1. The molecule has 0 aliphatic rings. The number of nitrogens with zero attached hydrogens (tertiary/aromatic N) is 2. The van der Waals surface area contributed by atoms with Crippen molar-refractivity contribution in [1.82, 2.24) is 14.9 Å². The molecule has 3 heteroatoms. The number of aryl methyl sites for hydroxylation is 2. The SMILES string of the molecule is CCNC(C)Cc1ccc2c(c1)nc(C)n2C. The third kappa shape index (κ3) is 2.50. The molecule has 1 unspecified atom stereocenters. The molecule has 1 heterocycles. The maximum atomic E-state index is 4.57. The molecule has 92 valence electrons. The molecule has 1 N–H and O–H groups in total. The van der Waals surface area contributed by atoms with Crippen LogP contribution in [0.15, 0.2) is 18.2 Å². The summed E-state index contributed by atoms with van der Waals surface area (Å²) >= 11 is 0. The Balaban J connectivity index is 2.26. The van der Waals surface area contributed by atoms with Crippen LogP contribution in [0.3, 0.4) is 0 Å². The second-order valence-electron chi connectivity index (χ2n) is 4.70. The van der Waals surface area contributed by atoms with Gasteiger partial charge in [0.25, 0.3) is 0 Å². The fourth-order valence-corrected chi connectivity index (χ4v) is 2.27. The van der Waals surface area contributed by atoms with Crippen LogP contribution in [0.1, 0.15) is 25.2 Å². The topological polar surface area (TPSA) is 29.9 Å². The van der Waals surface area contributed by atoms with Crippen molar-refractivity contribution in [2.75, 3.05) is 6.54 Å². The molecule has 0 aliphatic carbocycles. The van der Waals surface area contributed by atoms with E-state index in [9.17, 15) is 0 Å². The highest BCUT2D eigenvalue weighted by molar-refractivity contribution is 5.76. The van der Waals surface area contributed by atoms with Gasteiger partial charge in [-0.05, 0) is 44.5 Å². The Hall–Kier alpha value is -1.35. The Morgan fingerprint density at radius 3 is 2.88 bits per heavy atom. The van der Waals surface area contributed by atoms with Crippen LogP contribution in [-0.2, 0) is 13.5 Å². The molecule has 1 aromatic carbocycles. The smallest absolute Gasteiger partial charge is 0.106 e. The minimum absolute atomic E-state index is 0.516. The minimum Gasteiger partial charge on any atom is -0.331 e. The molecule has 0 fully saturated rings. The van der Waals surface area contributed by atoms with Crippen LogP contribution in [0.2, 0.25) is 0 Å². The largest absolute Gasteiger partial charge is 0.331 e. The highest BCUT2D eigenvalue weighted by Gasteiger charge is 2.06. The Bertz CT molecular complexity index is 513. The lowest BCUT2D eigenvalue weighted by molar-refractivity contribution is 0.565. The van der Waals surface area contributed by atoms with Crippen molar-refractivity contribution < 1.29 is 0 Å². The van der Waals surface area contributed by atoms with E-state index in [0.717, 1.165) is 24.3 Å². The van der Waals surface area contributed by atoms with Crippen molar-refractivity contribution in [3.63, 3.8) is 0 Å². The maximum absolute atomic E-state index is 4.57. The van der Waals surface area contributed by atoms with Gasteiger partial charge in [0, 0.05) is 13.1 Å². The van der Waals surface area contributed by atoms with Gasteiger partial charge in [-0.25, -0.2) is 4.98 Å². The molecule has 1 atom stereocenters. The first-order chi connectivity index (χ1) is 8.11. The van der Waals surface area contributed by atoms with Gasteiger partial charge in [0.15, 0.2) is 0 Å². The average molecular weight is 231 g/mol. The number of fused-ring (bicyclic) bond motifs is 1. The zero-order chi connectivity index (χ0) is 12.4. The van der Waals surface area contributed by atoms with Gasteiger partial charge in [0.05, 0.1) is 11.0 Å². The van der Waals surface area contributed by atoms with Crippen molar-refractivity contribution in [2.45, 2.75) is 33.2 Å². The zero-order valence-electron chi connectivity index (χ0n) is 11.1. The fraction of sp³-hybridized carbons (Fsp3) is 0.500. The molecular weight excluding hydrogens is 210 g/mol. The molecule has 0 bridgehead atoms. The zero-order valence-corrected chi connectivity index (χ0v) is 11.1. The molecule has 2 aromatic rings. The van der Waals surface area contributed by atoms with Crippen molar-refractivity contribution in [2.24, 2.45) is 7.05 Å². The molecule has 0 saturated carbocycles. The van der Waals surface area contributed by atoms with Crippen molar-refractivity contribution >= 4 is 11.0 Å². The summed E-state index contributed by atoms with van der Waals surface area (Å²) in [5.74, 6) is 1.07. The van der Waals surface area contributed by atoms with Crippen LogP contribution >= 0.6 is 0 Å². The molecule has 0 amide bonds. The van der Waals surface area contributed by atoms with E-state index < -0.39 is 0 Å². The molecule has 0 spiro atoms. The van der Waals surface area contributed by atoms with Gasteiger partial charge in [0.2, 0.25) is 0 Å². The van der Waals surface area contributed by atoms with Gasteiger partial charge < -0.3 is 9.88 Å². The third-order valence-corrected chi connectivity index (χ3v) is 3.26. The molecule has 17 heavy (non-hydrogen) atoms. The van der Waals surface area contributed by atoms with Crippen molar-refractivity contribution in [3.05, 3.63) is 29.6 Å². The van der Waals surface area contributed by atoms with E-state index in [1.54, 1.807) is 0 Å². The van der Waals surface area contributed by atoms with E-state index in [1.807, 2.05) is 6.92 Å². The van der Waals surface area contributed by atoms with Crippen LogP contribution in [0.5, 0.6) is 0 Å². The van der Waals surface area contributed by atoms with Crippen molar-refractivity contribution in [1.29, 1.82) is 0 Å². The molecular formula is C14H21N3. The Kier molecular flexibility index (Phi) is 3.48. The van der Waals surface area contributed by atoms with Gasteiger partial charge in [-0.3, -0.25) is 0 Å². The molecule has 0 saturated heterocycles. The summed E-state index contributed by atoms with van der Waals surface area (Å²) in [6, 6.07) is 7.10. The van der Waals surface area contributed by atoms with Gasteiger partial charge in [-0.2, -0.15) is 0 Å². The van der Waals surface area contributed by atoms with E-state index in [1.165, 1.54) is 11.1 Å². The Morgan fingerprint density at radius 1 is 1.41 bits per heavy atom. The average Bonchev–Trinajstić information content (AvgIpc) is 2.55. The highest BCUT2D eigenvalue weighted by atomic mass is 15.0. The summed E-state index contributed by atoms with van der Waals surface area (Å²) in [5.41, 5.74) is 3.66. The normalized spacial score (nSPS) is 13.2. The quantitative estimate of drug-likeness (QED) is 0.875. The van der Waals surface area contributed by atoms with Gasteiger partial charge in [-0.1, -0.05) is 13.0 Å². The minimum atomic E-state index is 0.516. The third-order valence-electron chi connectivity index (χ3n) is 3.26. The predicted octanol–water partition coefficient (Wildman–Crippen LogP) is 2.42. The number of hydrogen-bond donors (Lipinski definition) is 1. The first-order valence-corrected chi connectivity index (χ1v) is 6.27. The summed E-state index contributed by atoms with van der Waals surface area (Å²) in [5, 5.41) is 3.43. The Morgan fingerprint density at radius 2 is 2.18 bits per heavy atom. The van der Waals surface area contributed by atoms with Gasteiger partial charge in [-0.15, -0.1) is 0 Å². The summed E-state index contributed by atoms with van der Waals surface area (Å²) in [6.45, 7) is 7.42.